The topological polar surface area (TPSA) is 92.8 Å². The van der Waals surface area contributed by atoms with Gasteiger partial charge in [0.05, 0.1) is 15.6 Å². The van der Waals surface area contributed by atoms with E-state index < -0.39 is 17.5 Å². The van der Waals surface area contributed by atoms with Gasteiger partial charge in [-0.15, -0.1) is 11.3 Å². The van der Waals surface area contributed by atoms with E-state index in [9.17, 15) is 19.2 Å². The van der Waals surface area contributed by atoms with E-state index in [0.29, 0.717) is 22.1 Å². The summed E-state index contributed by atoms with van der Waals surface area (Å²) in [7, 11) is 0. The highest BCUT2D eigenvalue weighted by Crippen LogP contribution is 2.35. The highest BCUT2D eigenvalue weighted by molar-refractivity contribution is 7.18. The predicted molar refractivity (Wildman–Crippen MR) is 90.7 cm³/mol. The fourth-order valence-electron chi connectivity index (χ4n) is 3.15. The normalized spacial score (nSPS) is 18.7. The SMILES string of the molecule is O=C(CCN1C(=O)NC2(CCCC2)C1=O)OCC(=O)c1ccc(Cl)s1. The van der Waals surface area contributed by atoms with Gasteiger partial charge in [-0.05, 0) is 25.0 Å². The zero-order valence-electron chi connectivity index (χ0n) is 13.4. The van der Waals surface area contributed by atoms with Crippen molar-refractivity contribution < 1.29 is 23.9 Å². The van der Waals surface area contributed by atoms with Gasteiger partial charge in [0, 0.05) is 6.54 Å². The Morgan fingerprint density at radius 2 is 2.00 bits per heavy atom. The first-order chi connectivity index (χ1) is 11.9. The van der Waals surface area contributed by atoms with Crippen molar-refractivity contribution in [1.82, 2.24) is 10.2 Å². The van der Waals surface area contributed by atoms with Crippen LogP contribution in [0.5, 0.6) is 0 Å². The van der Waals surface area contributed by atoms with Crippen molar-refractivity contribution in [2.45, 2.75) is 37.6 Å². The summed E-state index contributed by atoms with van der Waals surface area (Å²) in [4.78, 5) is 49.5. The zero-order chi connectivity index (χ0) is 18.0. The number of carbonyl (C=O) groups is 4. The van der Waals surface area contributed by atoms with Crippen LogP contribution in [0.2, 0.25) is 4.34 Å². The van der Waals surface area contributed by atoms with Crippen LogP contribution in [-0.4, -0.2) is 47.3 Å². The van der Waals surface area contributed by atoms with Gasteiger partial charge in [-0.1, -0.05) is 24.4 Å². The third kappa shape index (κ3) is 3.69. The first-order valence-electron chi connectivity index (χ1n) is 7.99. The summed E-state index contributed by atoms with van der Waals surface area (Å²) < 4.78 is 5.40. The van der Waals surface area contributed by atoms with E-state index in [1.165, 1.54) is 0 Å². The number of amides is 3. The van der Waals surface area contributed by atoms with Crippen molar-refractivity contribution in [2.75, 3.05) is 13.2 Å². The van der Waals surface area contributed by atoms with Gasteiger partial charge in [0.15, 0.2) is 6.61 Å². The number of carbonyl (C=O) groups excluding carboxylic acids is 4. The summed E-state index contributed by atoms with van der Waals surface area (Å²) in [6.07, 6.45) is 2.92. The van der Waals surface area contributed by atoms with Crippen LogP contribution >= 0.6 is 22.9 Å². The van der Waals surface area contributed by atoms with E-state index in [1.54, 1.807) is 12.1 Å². The van der Waals surface area contributed by atoms with E-state index >= 15 is 0 Å². The lowest BCUT2D eigenvalue weighted by Gasteiger charge is -2.19. The number of Topliss-reactive ketones (excluding diaryl/α,β-unsaturated/α-hetero) is 1. The molecule has 1 aliphatic carbocycles. The fraction of sp³-hybridized carbons (Fsp3) is 0.500. The van der Waals surface area contributed by atoms with Gasteiger partial charge >= 0.3 is 12.0 Å². The largest absolute Gasteiger partial charge is 0.457 e. The molecule has 0 atom stereocenters. The quantitative estimate of drug-likeness (QED) is 0.461. The van der Waals surface area contributed by atoms with Crippen LogP contribution in [0, 0.1) is 0 Å². The molecular weight excluding hydrogens is 368 g/mol. The Morgan fingerprint density at radius 1 is 1.28 bits per heavy atom. The van der Waals surface area contributed by atoms with Crippen molar-refractivity contribution in [1.29, 1.82) is 0 Å². The number of imide groups is 1. The third-order valence-electron chi connectivity index (χ3n) is 4.45. The molecule has 2 aliphatic rings. The minimum atomic E-state index is -0.782. The van der Waals surface area contributed by atoms with E-state index in [4.69, 9.17) is 16.3 Å². The second-order valence-electron chi connectivity index (χ2n) is 6.11. The van der Waals surface area contributed by atoms with Gasteiger partial charge in [-0.25, -0.2) is 4.79 Å². The van der Waals surface area contributed by atoms with Gasteiger partial charge in [-0.3, -0.25) is 19.3 Å². The van der Waals surface area contributed by atoms with Gasteiger partial charge < -0.3 is 10.1 Å². The van der Waals surface area contributed by atoms with Crippen LogP contribution < -0.4 is 5.32 Å². The number of ether oxygens (including phenoxy) is 1. The number of ketones is 1. The van der Waals surface area contributed by atoms with E-state index in [-0.39, 0.29) is 31.3 Å². The molecule has 2 fully saturated rings. The number of nitrogens with one attached hydrogen (secondary N) is 1. The number of rotatable bonds is 6. The summed E-state index contributed by atoms with van der Waals surface area (Å²) >= 11 is 6.86. The minimum absolute atomic E-state index is 0.0513. The maximum absolute atomic E-state index is 12.4. The van der Waals surface area contributed by atoms with Crippen molar-refractivity contribution in [3.63, 3.8) is 0 Å². The smallest absolute Gasteiger partial charge is 0.325 e. The number of urea groups is 1. The molecule has 0 radical (unpaired) electrons. The molecule has 1 saturated heterocycles. The van der Waals surface area contributed by atoms with Crippen LogP contribution in [0.25, 0.3) is 0 Å². The summed E-state index contributed by atoms with van der Waals surface area (Å²) in [5.74, 6) is -1.25. The average molecular weight is 385 g/mol. The predicted octanol–water partition coefficient (Wildman–Crippen LogP) is 2.38. The molecule has 1 aromatic rings. The Hall–Kier alpha value is -1.93. The molecule has 1 spiro atoms. The maximum Gasteiger partial charge on any atom is 0.325 e. The highest BCUT2D eigenvalue weighted by Gasteiger charge is 2.52. The van der Waals surface area contributed by atoms with Crippen molar-refractivity contribution >= 4 is 46.6 Å². The molecule has 134 valence electrons. The highest BCUT2D eigenvalue weighted by atomic mass is 35.5. The van der Waals surface area contributed by atoms with Crippen LogP contribution in [0.4, 0.5) is 4.79 Å². The monoisotopic (exact) mass is 384 g/mol. The molecule has 3 amide bonds. The van der Waals surface area contributed by atoms with Crippen LogP contribution in [0.3, 0.4) is 0 Å². The Balaban J connectivity index is 1.47. The van der Waals surface area contributed by atoms with Gasteiger partial charge in [0.2, 0.25) is 5.78 Å². The number of esters is 1. The molecule has 0 aromatic carbocycles. The molecule has 1 aliphatic heterocycles. The molecule has 2 heterocycles. The number of hydrogen-bond acceptors (Lipinski definition) is 6. The second-order valence-corrected chi connectivity index (χ2v) is 7.83. The Morgan fingerprint density at radius 3 is 2.64 bits per heavy atom. The Kier molecular flexibility index (Phi) is 5.10. The first kappa shape index (κ1) is 17.9. The Labute approximate surface area is 153 Å². The molecule has 1 saturated carbocycles. The molecule has 3 rings (SSSR count). The maximum atomic E-state index is 12.4. The summed E-state index contributed by atoms with van der Waals surface area (Å²) in [5, 5.41) is 2.75. The molecule has 1 N–H and O–H groups in total. The molecule has 9 heteroatoms. The first-order valence-corrected chi connectivity index (χ1v) is 9.19. The average Bonchev–Trinajstić information content (AvgIpc) is 3.27. The van der Waals surface area contributed by atoms with Crippen LogP contribution in [0.15, 0.2) is 12.1 Å². The molecule has 1 aromatic heterocycles. The number of halogens is 1. The molecule has 25 heavy (non-hydrogen) atoms. The lowest BCUT2D eigenvalue weighted by molar-refractivity contribution is -0.143. The third-order valence-corrected chi connectivity index (χ3v) is 5.73. The van der Waals surface area contributed by atoms with Crippen LogP contribution in [0.1, 0.15) is 41.8 Å². The number of thiophene rings is 1. The Bertz CT molecular complexity index is 726. The van der Waals surface area contributed by atoms with Gasteiger partial charge in [0.1, 0.15) is 5.54 Å². The minimum Gasteiger partial charge on any atom is -0.457 e. The van der Waals surface area contributed by atoms with E-state index in [0.717, 1.165) is 29.1 Å². The molecule has 0 bridgehead atoms. The van der Waals surface area contributed by atoms with Gasteiger partial charge in [0.25, 0.3) is 5.91 Å². The fourth-order valence-corrected chi connectivity index (χ4v) is 4.12. The number of hydrogen-bond donors (Lipinski definition) is 1. The summed E-state index contributed by atoms with van der Waals surface area (Å²) in [6.45, 7) is -0.440. The molecule has 7 nitrogen and oxygen atoms in total. The number of nitrogens with zero attached hydrogens (tertiary/aromatic N) is 1. The van der Waals surface area contributed by atoms with E-state index in [2.05, 4.69) is 5.32 Å². The lowest BCUT2D eigenvalue weighted by Crippen LogP contribution is -2.44. The standard InChI is InChI=1S/C16H17ClN2O5S/c17-12-4-3-11(25-12)10(20)9-24-13(21)5-8-19-14(22)16(18-15(19)23)6-1-2-7-16/h3-4H,1-2,5-9H2,(H,18,23). The zero-order valence-corrected chi connectivity index (χ0v) is 15.0. The van der Waals surface area contributed by atoms with Gasteiger partial charge in [-0.2, -0.15) is 0 Å². The summed E-state index contributed by atoms with van der Waals surface area (Å²) in [6, 6.07) is 2.69. The second kappa shape index (κ2) is 7.13. The summed E-state index contributed by atoms with van der Waals surface area (Å²) in [5.41, 5.74) is -0.782. The van der Waals surface area contributed by atoms with Crippen molar-refractivity contribution in [2.24, 2.45) is 0 Å². The molecular formula is C16H17ClN2O5S. The van der Waals surface area contributed by atoms with Crippen molar-refractivity contribution in [3.8, 4) is 0 Å². The van der Waals surface area contributed by atoms with E-state index in [1.807, 2.05) is 0 Å². The van der Waals surface area contributed by atoms with Crippen molar-refractivity contribution in [3.05, 3.63) is 21.3 Å². The van der Waals surface area contributed by atoms with Crippen LogP contribution in [-0.2, 0) is 14.3 Å². The molecule has 0 unspecified atom stereocenters. The lowest BCUT2D eigenvalue weighted by atomic mass is 9.98.